The number of hydrogen-bond donors (Lipinski definition) is 1. The third-order valence-corrected chi connectivity index (χ3v) is 1.48. The first-order valence-corrected chi connectivity index (χ1v) is 4.32. The second kappa shape index (κ2) is 6.59. The monoisotopic (exact) mass is 210 g/mol. The van der Waals surface area contributed by atoms with Crippen LogP contribution in [0.15, 0.2) is 24.3 Å². The van der Waals surface area contributed by atoms with Gasteiger partial charge in [0.1, 0.15) is 5.75 Å². The second-order valence-corrected chi connectivity index (χ2v) is 2.81. The van der Waals surface area contributed by atoms with Crippen molar-refractivity contribution in [2.75, 3.05) is 7.11 Å². The number of carbonyl (C=O) groups excluding carboxylic acids is 1. The molecule has 82 valence electrons. The lowest BCUT2D eigenvalue weighted by atomic mass is 10.1. The summed E-state index contributed by atoms with van der Waals surface area (Å²) in [5.41, 5.74) is 0.685. The van der Waals surface area contributed by atoms with Crippen LogP contribution in [0.1, 0.15) is 24.2 Å². The number of rotatable bonds is 2. The highest BCUT2D eigenvalue weighted by atomic mass is 16.5. The summed E-state index contributed by atoms with van der Waals surface area (Å²) < 4.78 is 4.95. The summed E-state index contributed by atoms with van der Waals surface area (Å²) in [6.07, 6.45) is 0. The Kier molecular flexibility index (Phi) is 5.78. The van der Waals surface area contributed by atoms with Gasteiger partial charge in [0.05, 0.1) is 7.11 Å². The molecule has 0 aliphatic carbocycles. The first kappa shape index (κ1) is 13.2. The number of ether oxygens (including phenoxy) is 1. The Morgan fingerprint density at radius 1 is 1.27 bits per heavy atom. The molecule has 4 heteroatoms. The number of ketones is 1. The number of aliphatic carboxylic acids is 1. The molecule has 0 saturated carbocycles. The normalized spacial score (nSPS) is 8.47. The van der Waals surface area contributed by atoms with Crippen LogP contribution in [-0.2, 0) is 4.79 Å². The van der Waals surface area contributed by atoms with Crippen molar-refractivity contribution in [2.45, 2.75) is 13.8 Å². The maximum absolute atomic E-state index is 10.9. The Hall–Kier alpha value is -1.84. The van der Waals surface area contributed by atoms with E-state index in [0.717, 1.165) is 12.7 Å². The molecule has 0 saturated heterocycles. The third kappa shape index (κ3) is 6.26. The topological polar surface area (TPSA) is 63.6 Å². The Bertz CT molecular complexity index is 340. The van der Waals surface area contributed by atoms with E-state index in [0.29, 0.717) is 5.56 Å². The zero-order valence-corrected chi connectivity index (χ0v) is 8.98. The molecule has 4 nitrogen and oxygen atoms in total. The van der Waals surface area contributed by atoms with Crippen LogP contribution in [0, 0.1) is 0 Å². The molecule has 0 amide bonds. The number of methoxy groups -OCH3 is 1. The predicted molar refractivity (Wildman–Crippen MR) is 56.3 cm³/mol. The third-order valence-electron chi connectivity index (χ3n) is 1.48. The molecule has 1 rings (SSSR count). The number of carboxylic acids is 1. The molecule has 0 radical (unpaired) electrons. The lowest BCUT2D eigenvalue weighted by Gasteiger charge is -1.99. The average Bonchev–Trinajstić information content (AvgIpc) is 2.17. The van der Waals surface area contributed by atoms with E-state index in [9.17, 15) is 4.79 Å². The number of carbonyl (C=O) groups is 2. The molecular weight excluding hydrogens is 196 g/mol. The van der Waals surface area contributed by atoms with E-state index in [1.54, 1.807) is 25.3 Å². The lowest BCUT2D eigenvalue weighted by Crippen LogP contribution is -1.92. The van der Waals surface area contributed by atoms with Crippen molar-refractivity contribution in [1.82, 2.24) is 0 Å². The van der Waals surface area contributed by atoms with Crippen LogP contribution in [0.3, 0.4) is 0 Å². The minimum Gasteiger partial charge on any atom is -0.497 e. The van der Waals surface area contributed by atoms with E-state index >= 15 is 0 Å². The average molecular weight is 210 g/mol. The van der Waals surface area contributed by atoms with Gasteiger partial charge < -0.3 is 9.84 Å². The number of carboxylic acid groups (broad SMARTS) is 1. The quantitative estimate of drug-likeness (QED) is 0.758. The molecule has 0 unspecified atom stereocenters. The molecule has 0 spiro atoms. The minimum atomic E-state index is -0.833. The molecular formula is C11H14O4. The van der Waals surface area contributed by atoms with Gasteiger partial charge >= 0.3 is 0 Å². The van der Waals surface area contributed by atoms with Crippen molar-refractivity contribution in [2.24, 2.45) is 0 Å². The van der Waals surface area contributed by atoms with Crippen LogP contribution < -0.4 is 4.74 Å². The summed E-state index contributed by atoms with van der Waals surface area (Å²) >= 11 is 0. The van der Waals surface area contributed by atoms with E-state index in [4.69, 9.17) is 14.6 Å². The Morgan fingerprint density at radius 2 is 1.80 bits per heavy atom. The molecule has 1 aromatic carbocycles. The zero-order valence-electron chi connectivity index (χ0n) is 8.98. The Morgan fingerprint density at radius 3 is 2.20 bits per heavy atom. The van der Waals surface area contributed by atoms with Gasteiger partial charge in [0.15, 0.2) is 5.78 Å². The Labute approximate surface area is 88.5 Å². The summed E-state index contributed by atoms with van der Waals surface area (Å²) in [6.45, 7) is 2.62. The van der Waals surface area contributed by atoms with Gasteiger partial charge in [-0.05, 0) is 19.1 Å². The van der Waals surface area contributed by atoms with Crippen molar-refractivity contribution in [3.8, 4) is 5.75 Å². The summed E-state index contributed by atoms with van der Waals surface area (Å²) in [5, 5.41) is 7.42. The van der Waals surface area contributed by atoms with E-state index in [-0.39, 0.29) is 5.78 Å². The molecule has 15 heavy (non-hydrogen) atoms. The van der Waals surface area contributed by atoms with Crippen LogP contribution >= 0.6 is 0 Å². The van der Waals surface area contributed by atoms with Gasteiger partial charge in [0.2, 0.25) is 0 Å². The molecule has 0 aliphatic rings. The van der Waals surface area contributed by atoms with Gasteiger partial charge in [-0.1, -0.05) is 12.1 Å². The van der Waals surface area contributed by atoms with Gasteiger partial charge in [-0.2, -0.15) is 0 Å². The van der Waals surface area contributed by atoms with Crippen molar-refractivity contribution < 1.29 is 19.4 Å². The van der Waals surface area contributed by atoms with Crippen LogP contribution in [0.2, 0.25) is 0 Å². The van der Waals surface area contributed by atoms with Crippen molar-refractivity contribution in [3.63, 3.8) is 0 Å². The van der Waals surface area contributed by atoms with E-state index in [2.05, 4.69) is 0 Å². The van der Waals surface area contributed by atoms with Crippen LogP contribution in [-0.4, -0.2) is 24.0 Å². The maximum Gasteiger partial charge on any atom is 0.300 e. The fourth-order valence-electron chi connectivity index (χ4n) is 0.842. The van der Waals surface area contributed by atoms with E-state index < -0.39 is 5.97 Å². The summed E-state index contributed by atoms with van der Waals surface area (Å²) in [5.74, 6) is -0.0541. The first-order chi connectivity index (χ1) is 6.97. The number of benzene rings is 1. The zero-order chi connectivity index (χ0) is 11.8. The molecule has 1 aromatic rings. The minimum absolute atomic E-state index is 0.0592. The van der Waals surface area contributed by atoms with Gasteiger partial charge in [-0.15, -0.1) is 0 Å². The largest absolute Gasteiger partial charge is 0.497 e. The van der Waals surface area contributed by atoms with Crippen molar-refractivity contribution in [1.29, 1.82) is 0 Å². The molecule has 0 heterocycles. The van der Waals surface area contributed by atoms with Gasteiger partial charge in [0, 0.05) is 12.5 Å². The standard InChI is InChI=1S/C9H10O2.C2H4O2/c1-7(10)8-4-3-5-9(6-8)11-2;1-2(3)4/h3-6H,1-2H3;1H3,(H,3,4). The first-order valence-electron chi connectivity index (χ1n) is 4.32. The van der Waals surface area contributed by atoms with Crippen LogP contribution in [0.5, 0.6) is 5.75 Å². The highest BCUT2D eigenvalue weighted by Crippen LogP contribution is 2.12. The van der Waals surface area contributed by atoms with E-state index in [1.165, 1.54) is 6.92 Å². The predicted octanol–water partition coefficient (Wildman–Crippen LogP) is 1.99. The Balaban J connectivity index is 0.000000423. The maximum atomic E-state index is 10.9. The molecule has 1 N–H and O–H groups in total. The molecule has 0 bridgehead atoms. The van der Waals surface area contributed by atoms with Crippen LogP contribution in [0.25, 0.3) is 0 Å². The van der Waals surface area contributed by atoms with Gasteiger partial charge in [-0.25, -0.2) is 0 Å². The number of Topliss-reactive ketones (excluding diaryl/α,β-unsaturated/α-hetero) is 1. The fraction of sp³-hybridized carbons (Fsp3) is 0.273. The highest BCUT2D eigenvalue weighted by molar-refractivity contribution is 5.94. The van der Waals surface area contributed by atoms with Gasteiger partial charge in [0.25, 0.3) is 5.97 Å². The van der Waals surface area contributed by atoms with Crippen molar-refractivity contribution in [3.05, 3.63) is 29.8 Å². The fourth-order valence-corrected chi connectivity index (χ4v) is 0.842. The summed E-state index contributed by atoms with van der Waals surface area (Å²) in [4.78, 5) is 19.9. The summed E-state index contributed by atoms with van der Waals surface area (Å²) in [7, 11) is 1.58. The van der Waals surface area contributed by atoms with Crippen molar-refractivity contribution >= 4 is 11.8 Å². The van der Waals surface area contributed by atoms with Gasteiger partial charge in [-0.3, -0.25) is 9.59 Å². The molecule has 0 atom stereocenters. The molecule has 0 aliphatic heterocycles. The number of hydrogen-bond acceptors (Lipinski definition) is 3. The SMILES string of the molecule is CC(=O)O.COc1cccc(C(C)=O)c1. The van der Waals surface area contributed by atoms with Crippen LogP contribution in [0.4, 0.5) is 0 Å². The highest BCUT2D eigenvalue weighted by Gasteiger charge is 1.98. The molecule has 0 aromatic heterocycles. The lowest BCUT2D eigenvalue weighted by molar-refractivity contribution is -0.134. The second-order valence-electron chi connectivity index (χ2n) is 2.81. The summed E-state index contributed by atoms with van der Waals surface area (Å²) in [6, 6.07) is 7.11. The smallest absolute Gasteiger partial charge is 0.300 e. The van der Waals surface area contributed by atoms with E-state index in [1.807, 2.05) is 6.07 Å². The molecule has 0 fully saturated rings.